The number of halogens is 1. The molecule has 0 saturated carbocycles. The summed E-state index contributed by atoms with van der Waals surface area (Å²) in [4.78, 5) is 11.2. The Balaban J connectivity index is 2.16. The van der Waals surface area contributed by atoms with Gasteiger partial charge in [-0.1, -0.05) is 29.3 Å². The number of aromatic nitrogens is 2. The van der Waals surface area contributed by atoms with Crippen LogP contribution in [-0.2, 0) is 6.42 Å². The summed E-state index contributed by atoms with van der Waals surface area (Å²) in [6.45, 7) is 3.31. The number of hydrogen-bond acceptors (Lipinski definition) is 3. The van der Waals surface area contributed by atoms with Crippen molar-refractivity contribution >= 4 is 21.7 Å². The van der Waals surface area contributed by atoms with Crippen LogP contribution in [0.4, 0.5) is 5.82 Å². The van der Waals surface area contributed by atoms with E-state index >= 15 is 0 Å². The first-order valence-electron chi connectivity index (χ1n) is 6.48. The highest BCUT2D eigenvalue weighted by atomic mass is 79.9. The summed E-state index contributed by atoms with van der Waals surface area (Å²) >= 11 is 3.61. The van der Waals surface area contributed by atoms with E-state index < -0.39 is 0 Å². The molecule has 2 heterocycles. The predicted molar refractivity (Wildman–Crippen MR) is 74.8 cm³/mol. The number of rotatable bonds is 4. The van der Waals surface area contributed by atoms with Gasteiger partial charge in [-0.3, -0.25) is 0 Å². The molecular formula is C13H20BrN3. The van der Waals surface area contributed by atoms with Gasteiger partial charge >= 0.3 is 0 Å². The average Bonchev–Trinajstić information content (AvgIpc) is 2.39. The fourth-order valence-corrected chi connectivity index (χ4v) is 3.07. The van der Waals surface area contributed by atoms with E-state index in [0.717, 1.165) is 36.2 Å². The lowest BCUT2D eigenvalue weighted by molar-refractivity contribution is 0.487. The maximum absolute atomic E-state index is 4.44. The second-order valence-corrected chi connectivity index (χ2v) is 5.26. The van der Waals surface area contributed by atoms with E-state index in [-0.39, 0.29) is 0 Å². The third-order valence-corrected chi connectivity index (χ3v) is 4.06. The molecule has 2 rings (SSSR count). The van der Waals surface area contributed by atoms with Gasteiger partial charge in [-0.2, -0.15) is 0 Å². The standard InChI is InChI=1S/C13H20BrN3/c1-2-5-11-8-13(16-10-15-11)17-7-4-3-6-12(17)9-14/h8,10,12H,2-7,9H2,1H3. The summed E-state index contributed by atoms with van der Waals surface area (Å²) in [5.41, 5.74) is 1.16. The number of alkyl halides is 1. The highest BCUT2D eigenvalue weighted by molar-refractivity contribution is 9.09. The van der Waals surface area contributed by atoms with Crippen molar-refractivity contribution in [3.05, 3.63) is 18.1 Å². The van der Waals surface area contributed by atoms with Crippen molar-refractivity contribution in [2.45, 2.75) is 45.1 Å². The molecule has 1 fully saturated rings. The predicted octanol–water partition coefficient (Wildman–Crippen LogP) is 3.18. The number of piperidine rings is 1. The summed E-state index contributed by atoms with van der Waals surface area (Å²) in [5.74, 6) is 1.10. The molecule has 0 bridgehead atoms. The zero-order valence-corrected chi connectivity index (χ0v) is 12.0. The molecule has 94 valence electrons. The van der Waals surface area contributed by atoms with Crippen LogP contribution in [-0.4, -0.2) is 27.9 Å². The monoisotopic (exact) mass is 297 g/mol. The number of anilines is 1. The van der Waals surface area contributed by atoms with Crippen LogP contribution in [0.1, 0.15) is 38.3 Å². The Morgan fingerprint density at radius 1 is 1.41 bits per heavy atom. The Kier molecular flexibility index (Phi) is 4.77. The van der Waals surface area contributed by atoms with Crippen LogP contribution in [0.3, 0.4) is 0 Å². The Labute approximate surface area is 112 Å². The molecule has 0 aliphatic carbocycles. The van der Waals surface area contributed by atoms with Crippen LogP contribution in [0.25, 0.3) is 0 Å². The molecule has 4 heteroatoms. The molecule has 17 heavy (non-hydrogen) atoms. The van der Waals surface area contributed by atoms with E-state index in [9.17, 15) is 0 Å². The minimum absolute atomic E-state index is 0.591. The number of aryl methyl sites for hydroxylation is 1. The third kappa shape index (κ3) is 3.18. The van der Waals surface area contributed by atoms with E-state index in [1.54, 1.807) is 6.33 Å². The van der Waals surface area contributed by atoms with Crippen LogP contribution in [0, 0.1) is 0 Å². The van der Waals surface area contributed by atoms with Gasteiger partial charge in [0.05, 0.1) is 0 Å². The van der Waals surface area contributed by atoms with Gasteiger partial charge in [0.2, 0.25) is 0 Å². The van der Waals surface area contributed by atoms with Crippen LogP contribution < -0.4 is 4.90 Å². The van der Waals surface area contributed by atoms with Crippen LogP contribution in [0.15, 0.2) is 12.4 Å². The Morgan fingerprint density at radius 3 is 3.06 bits per heavy atom. The summed E-state index contributed by atoms with van der Waals surface area (Å²) < 4.78 is 0. The zero-order chi connectivity index (χ0) is 12.1. The fourth-order valence-electron chi connectivity index (χ4n) is 2.40. The van der Waals surface area contributed by atoms with Crippen molar-refractivity contribution in [3.63, 3.8) is 0 Å². The van der Waals surface area contributed by atoms with E-state index in [0.29, 0.717) is 6.04 Å². The second-order valence-electron chi connectivity index (χ2n) is 4.61. The molecule has 1 aromatic heterocycles. The van der Waals surface area contributed by atoms with Crippen LogP contribution >= 0.6 is 15.9 Å². The van der Waals surface area contributed by atoms with Gasteiger partial charge in [0.1, 0.15) is 12.1 Å². The number of nitrogens with zero attached hydrogens (tertiary/aromatic N) is 3. The number of hydrogen-bond donors (Lipinski definition) is 0. The molecule has 0 N–H and O–H groups in total. The van der Waals surface area contributed by atoms with Gasteiger partial charge in [-0.25, -0.2) is 9.97 Å². The molecule has 1 saturated heterocycles. The summed E-state index contributed by atoms with van der Waals surface area (Å²) in [6.07, 6.45) is 7.76. The van der Waals surface area contributed by atoms with E-state index in [2.05, 4.69) is 43.8 Å². The molecule has 1 aliphatic rings. The van der Waals surface area contributed by atoms with Crippen molar-refractivity contribution in [3.8, 4) is 0 Å². The summed E-state index contributed by atoms with van der Waals surface area (Å²) in [7, 11) is 0. The molecule has 0 spiro atoms. The maximum Gasteiger partial charge on any atom is 0.132 e. The molecule has 0 aromatic carbocycles. The minimum atomic E-state index is 0.591. The highest BCUT2D eigenvalue weighted by Crippen LogP contribution is 2.24. The SMILES string of the molecule is CCCc1cc(N2CCCCC2CBr)ncn1. The lowest BCUT2D eigenvalue weighted by Gasteiger charge is -2.35. The van der Waals surface area contributed by atoms with E-state index in [4.69, 9.17) is 0 Å². The largest absolute Gasteiger partial charge is 0.353 e. The van der Waals surface area contributed by atoms with E-state index in [1.807, 2.05) is 0 Å². The van der Waals surface area contributed by atoms with Crippen molar-refractivity contribution in [1.82, 2.24) is 9.97 Å². The topological polar surface area (TPSA) is 29.0 Å². The Hall–Kier alpha value is -0.640. The minimum Gasteiger partial charge on any atom is -0.353 e. The van der Waals surface area contributed by atoms with Crippen molar-refractivity contribution in [1.29, 1.82) is 0 Å². The maximum atomic E-state index is 4.44. The van der Waals surface area contributed by atoms with E-state index in [1.165, 1.54) is 19.3 Å². The molecule has 1 aromatic rings. The molecule has 0 radical (unpaired) electrons. The summed E-state index contributed by atoms with van der Waals surface area (Å²) in [5, 5.41) is 1.03. The van der Waals surface area contributed by atoms with Crippen molar-refractivity contribution in [2.24, 2.45) is 0 Å². The average molecular weight is 298 g/mol. The van der Waals surface area contributed by atoms with Crippen molar-refractivity contribution in [2.75, 3.05) is 16.8 Å². The quantitative estimate of drug-likeness (QED) is 0.799. The lowest BCUT2D eigenvalue weighted by atomic mass is 10.0. The van der Waals surface area contributed by atoms with Gasteiger partial charge in [-0.15, -0.1) is 0 Å². The van der Waals surface area contributed by atoms with Crippen LogP contribution in [0.2, 0.25) is 0 Å². The van der Waals surface area contributed by atoms with Crippen LogP contribution in [0.5, 0.6) is 0 Å². The smallest absolute Gasteiger partial charge is 0.132 e. The van der Waals surface area contributed by atoms with Gasteiger partial charge in [0.15, 0.2) is 0 Å². The van der Waals surface area contributed by atoms with Gasteiger partial charge in [0.25, 0.3) is 0 Å². The molecule has 0 amide bonds. The fraction of sp³-hybridized carbons (Fsp3) is 0.692. The normalized spacial score (nSPS) is 20.6. The first-order chi connectivity index (χ1) is 8.35. The van der Waals surface area contributed by atoms with Crippen molar-refractivity contribution < 1.29 is 0 Å². The highest BCUT2D eigenvalue weighted by Gasteiger charge is 2.22. The Bertz CT molecular complexity index is 356. The first-order valence-corrected chi connectivity index (χ1v) is 7.60. The molecule has 1 atom stereocenters. The molecule has 1 aliphatic heterocycles. The molecule has 1 unspecified atom stereocenters. The van der Waals surface area contributed by atoms with Gasteiger partial charge in [-0.05, 0) is 25.7 Å². The first kappa shape index (κ1) is 12.8. The van der Waals surface area contributed by atoms with Gasteiger partial charge < -0.3 is 4.90 Å². The molecular weight excluding hydrogens is 278 g/mol. The zero-order valence-electron chi connectivity index (χ0n) is 10.4. The third-order valence-electron chi connectivity index (χ3n) is 3.31. The van der Waals surface area contributed by atoms with Gasteiger partial charge in [0, 0.05) is 29.7 Å². The Morgan fingerprint density at radius 2 is 2.29 bits per heavy atom. The lowest BCUT2D eigenvalue weighted by Crippen LogP contribution is -2.41. The second kappa shape index (κ2) is 6.34. The molecule has 3 nitrogen and oxygen atoms in total. The summed E-state index contributed by atoms with van der Waals surface area (Å²) in [6, 6.07) is 2.75.